The summed E-state index contributed by atoms with van der Waals surface area (Å²) in [5.41, 5.74) is 6.71. The van der Waals surface area contributed by atoms with Crippen LogP contribution < -0.4 is 5.73 Å². The van der Waals surface area contributed by atoms with E-state index in [0.717, 1.165) is 24.2 Å². The predicted molar refractivity (Wildman–Crippen MR) is 77.1 cm³/mol. The van der Waals surface area contributed by atoms with E-state index in [9.17, 15) is 0 Å². The Labute approximate surface area is 117 Å². The quantitative estimate of drug-likeness (QED) is 0.659. The minimum absolute atomic E-state index is 0. The van der Waals surface area contributed by atoms with E-state index in [4.69, 9.17) is 28.9 Å². The summed E-state index contributed by atoms with van der Waals surface area (Å²) >= 11 is 11.7. The highest BCUT2D eigenvalue weighted by Gasteiger charge is 2.24. The van der Waals surface area contributed by atoms with Gasteiger partial charge >= 0.3 is 0 Å². The summed E-state index contributed by atoms with van der Waals surface area (Å²) in [6.07, 6.45) is 5.89. The van der Waals surface area contributed by atoms with E-state index in [0.29, 0.717) is 16.0 Å². The Morgan fingerprint density at radius 3 is 2.59 bits per heavy atom. The van der Waals surface area contributed by atoms with Gasteiger partial charge in [-0.15, -0.1) is 12.4 Å². The first-order valence-corrected chi connectivity index (χ1v) is 5.87. The summed E-state index contributed by atoms with van der Waals surface area (Å²) in [7, 11) is 0. The van der Waals surface area contributed by atoms with Crippen LogP contribution in [0.3, 0.4) is 0 Å². The molecule has 0 heterocycles. The van der Waals surface area contributed by atoms with Gasteiger partial charge in [0.1, 0.15) is 5.84 Å². The number of benzene rings is 1. The van der Waals surface area contributed by atoms with Crippen LogP contribution in [-0.4, -0.2) is 5.84 Å². The molecule has 0 aliphatic heterocycles. The maximum absolute atomic E-state index is 5.89. The lowest BCUT2D eigenvalue weighted by Crippen LogP contribution is -2.12. The fourth-order valence-electron chi connectivity index (χ4n) is 1.31. The van der Waals surface area contributed by atoms with Gasteiger partial charge in [-0.05, 0) is 36.6 Å². The molecule has 1 aliphatic rings. The third kappa shape index (κ3) is 4.23. The van der Waals surface area contributed by atoms with E-state index < -0.39 is 0 Å². The molecule has 2 rings (SSSR count). The number of hydrogen-bond donors (Lipinski definition) is 1. The van der Waals surface area contributed by atoms with Crippen molar-refractivity contribution in [2.24, 2.45) is 16.6 Å². The molecule has 5 heteroatoms. The Morgan fingerprint density at radius 1 is 1.29 bits per heavy atom. The number of aliphatic imine (C=N–C) groups is 1. The molecule has 0 atom stereocenters. The first kappa shape index (κ1) is 14.4. The van der Waals surface area contributed by atoms with Crippen molar-refractivity contribution < 1.29 is 0 Å². The first-order chi connectivity index (χ1) is 7.66. The number of nitrogens with two attached hydrogens (primary N) is 1. The lowest BCUT2D eigenvalue weighted by atomic mass is 10.2. The van der Waals surface area contributed by atoms with Crippen LogP contribution in [0.15, 0.2) is 29.4 Å². The van der Waals surface area contributed by atoms with Crippen molar-refractivity contribution in [3.63, 3.8) is 0 Å². The van der Waals surface area contributed by atoms with Crippen molar-refractivity contribution in [3.8, 4) is 0 Å². The molecule has 0 spiro atoms. The molecule has 0 radical (unpaired) electrons. The summed E-state index contributed by atoms with van der Waals surface area (Å²) in [6.45, 7) is 0. The van der Waals surface area contributed by atoms with Crippen LogP contribution in [-0.2, 0) is 0 Å². The Kier molecular flexibility index (Phi) is 5.31. The van der Waals surface area contributed by atoms with Gasteiger partial charge in [0, 0.05) is 12.1 Å². The summed E-state index contributed by atoms with van der Waals surface area (Å²) in [6, 6.07) is 5.44. The zero-order valence-electron chi connectivity index (χ0n) is 9.07. The van der Waals surface area contributed by atoms with Crippen molar-refractivity contribution in [2.75, 3.05) is 0 Å². The highest BCUT2D eigenvalue weighted by atomic mass is 35.5. The zero-order valence-corrected chi connectivity index (χ0v) is 11.4. The van der Waals surface area contributed by atoms with Gasteiger partial charge in [-0.2, -0.15) is 0 Å². The van der Waals surface area contributed by atoms with Crippen LogP contribution in [0.5, 0.6) is 0 Å². The fraction of sp³-hybridized carbons (Fsp3) is 0.250. The Balaban J connectivity index is 0.00000144. The average Bonchev–Trinajstić information content (AvgIpc) is 3.07. The number of amidine groups is 1. The third-order valence-corrected chi connectivity index (χ3v) is 3.17. The van der Waals surface area contributed by atoms with Crippen molar-refractivity contribution >= 4 is 47.5 Å². The van der Waals surface area contributed by atoms with Gasteiger partial charge in [-0.25, -0.2) is 4.99 Å². The number of hydrogen-bond acceptors (Lipinski definition) is 1. The predicted octanol–water partition coefficient (Wildman–Crippen LogP) is 4.15. The minimum atomic E-state index is 0. The molecule has 1 saturated carbocycles. The summed E-state index contributed by atoms with van der Waals surface area (Å²) in [5, 5.41) is 1.10. The molecule has 1 aromatic rings. The smallest absolute Gasteiger partial charge is 0.102 e. The molecule has 0 aromatic heterocycles. The van der Waals surface area contributed by atoms with E-state index in [1.807, 2.05) is 12.1 Å². The average molecular weight is 292 g/mol. The number of halogens is 3. The molecule has 2 N–H and O–H groups in total. The highest BCUT2D eigenvalue weighted by molar-refractivity contribution is 6.42. The van der Waals surface area contributed by atoms with E-state index in [1.165, 1.54) is 0 Å². The van der Waals surface area contributed by atoms with Gasteiger partial charge in [0.05, 0.1) is 10.0 Å². The maximum atomic E-state index is 5.89. The molecule has 0 saturated heterocycles. The van der Waals surface area contributed by atoms with Crippen LogP contribution in [0.4, 0.5) is 0 Å². The van der Waals surface area contributed by atoms with Gasteiger partial charge in [0.2, 0.25) is 0 Å². The molecule has 0 unspecified atom stereocenters. The lowest BCUT2D eigenvalue weighted by molar-refractivity contribution is 1.15. The molecule has 92 valence electrons. The summed E-state index contributed by atoms with van der Waals surface area (Å²) < 4.78 is 0. The van der Waals surface area contributed by atoms with Gasteiger partial charge in [-0.1, -0.05) is 29.3 Å². The van der Waals surface area contributed by atoms with Crippen LogP contribution in [0, 0.1) is 5.92 Å². The Hall–Kier alpha value is -0.700. The SMILES string of the molecule is Cl.NC(=N/C=C/c1ccc(Cl)c(Cl)c1)C1CC1. The standard InChI is InChI=1S/C12H12Cl2N2.ClH/c13-10-4-1-8(7-11(10)14)5-6-16-12(15)9-2-3-9;/h1,4-7,9H,2-3H2,(H2,15,16);1H/b6-5+;. The molecule has 1 aromatic carbocycles. The lowest BCUT2D eigenvalue weighted by Gasteiger charge is -1.97. The van der Waals surface area contributed by atoms with Gasteiger partial charge in [-0.3, -0.25) is 0 Å². The van der Waals surface area contributed by atoms with Crippen LogP contribution in [0.1, 0.15) is 18.4 Å². The first-order valence-electron chi connectivity index (χ1n) is 5.11. The topological polar surface area (TPSA) is 38.4 Å². The van der Waals surface area contributed by atoms with Crippen LogP contribution in [0.25, 0.3) is 6.08 Å². The third-order valence-electron chi connectivity index (χ3n) is 2.43. The fourth-order valence-corrected chi connectivity index (χ4v) is 1.62. The van der Waals surface area contributed by atoms with Crippen LogP contribution in [0.2, 0.25) is 10.0 Å². The van der Waals surface area contributed by atoms with Gasteiger partial charge in [0.25, 0.3) is 0 Å². The molecule has 0 bridgehead atoms. The van der Waals surface area contributed by atoms with Crippen molar-refractivity contribution in [3.05, 3.63) is 40.0 Å². The second kappa shape index (κ2) is 6.29. The monoisotopic (exact) mass is 290 g/mol. The normalized spacial score (nSPS) is 16.0. The maximum Gasteiger partial charge on any atom is 0.102 e. The number of nitrogens with zero attached hydrogens (tertiary/aromatic N) is 1. The molecular formula is C12H13Cl3N2. The Bertz CT molecular complexity index is 451. The summed E-state index contributed by atoms with van der Waals surface area (Å²) in [4.78, 5) is 4.17. The minimum Gasteiger partial charge on any atom is -0.387 e. The second-order valence-electron chi connectivity index (χ2n) is 3.82. The van der Waals surface area contributed by atoms with Gasteiger partial charge < -0.3 is 5.73 Å². The van der Waals surface area contributed by atoms with Crippen molar-refractivity contribution in [1.29, 1.82) is 0 Å². The van der Waals surface area contributed by atoms with Crippen molar-refractivity contribution in [1.82, 2.24) is 0 Å². The van der Waals surface area contributed by atoms with E-state index in [-0.39, 0.29) is 12.4 Å². The van der Waals surface area contributed by atoms with E-state index in [1.54, 1.807) is 18.3 Å². The zero-order chi connectivity index (χ0) is 11.5. The van der Waals surface area contributed by atoms with Crippen molar-refractivity contribution in [2.45, 2.75) is 12.8 Å². The van der Waals surface area contributed by atoms with Crippen LogP contribution >= 0.6 is 35.6 Å². The molecule has 1 aliphatic carbocycles. The van der Waals surface area contributed by atoms with E-state index >= 15 is 0 Å². The Morgan fingerprint density at radius 2 is 2.00 bits per heavy atom. The largest absolute Gasteiger partial charge is 0.387 e. The summed E-state index contributed by atoms with van der Waals surface area (Å²) in [5.74, 6) is 1.22. The molecular weight excluding hydrogens is 279 g/mol. The molecule has 1 fully saturated rings. The molecule has 0 amide bonds. The molecule has 17 heavy (non-hydrogen) atoms. The highest BCUT2D eigenvalue weighted by Crippen LogP contribution is 2.28. The van der Waals surface area contributed by atoms with Gasteiger partial charge in [0.15, 0.2) is 0 Å². The second-order valence-corrected chi connectivity index (χ2v) is 4.63. The van der Waals surface area contributed by atoms with E-state index in [2.05, 4.69) is 4.99 Å². The number of rotatable bonds is 3. The molecule has 2 nitrogen and oxygen atoms in total.